The molecule has 0 saturated carbocycles. The molecule has 11 amide bonds. The van der Waals surface area contributed by atoms with E-state index in [0.29, 0.717) is 27.9 Å². The molecule has 0 bridgehead atoms. The van der Waals surface area contributed by atoms with Gasteiger partial charge in [-0.15, -0.1) is 0 Å². The Morgan fingerprint density at radius 1 is 0.827 bits per heavy atom. The van der Waals surface area contributed by atoms with Gasteiger partial charge in [-0.05, 0) is 84.0 Å². The zero-order chi connectivity index (χ0) is 72.6. The first-order chi connectivity index (χ1) is 46.5. The van der Waals surface area contributed by atoms with Crippen LogP contribution in [0.5, 0.6) is 0 Å². The smallest absolute Gasteiger partial charge is 0.303 e. The van der Waals surface area contributed by atoms with Gasteiger partial charge < -0.3 is 94.9 Å². The second kappa shape index (κ2) is 42.1. The Balaban J connectivity index is 1.69. The van der Waals surface area contributed by atoms with Gasteiger partial charge in [0, 0.05) is 90.8 Å². The van der Waals surface area contributed by atoms with Crippen LogP contribution in [0, 0.1) is 5.92 Å². The van der Waals surface area contributed by atoms with Gasteiger partial charge in [0.05, 0.1) is 37.8 Å². The molecule has 22 N–H and O–H groups in total. The monoisotopic (exact) mass is 1410 g/mol. The fraction of sp³-hybridized carbons (Fsp3) is 0.565. The van der Waals surface area contributed by atoms with Gasteiger partial charge in [0.15, 0.2) is 0 Å². The molecule has 542 valence electrons. The van der Waals surface area contributed by atoms with Crippen molar-refractivity contribution in [2.45, 2.75) is 172 Å². The fourth-order valence-electron chi connectivity index (χ4n) is 10.0. The van der Waals surface area contributed by atoms with E-state index in [2.05, 4.69) is 73.4 Å². The molecule has 3 aromatic rings. The van der Waals surface area contributed by atoms with Gasteiger partial charge >= 0.3 is 5.97 Å². The molecule has 34 nitrogen and oxygen atoms in total. The van der Waals surface area contributed by atoms with E-state index in [1.54, 1.807) is 76.3 Å². The molecule has 11 atom stereocenters. The first kappa shape index (κ1) is 81.6. The average Bonchev–Trinajstić information content (AvgIpc) is 1.61. The van der Waals surface area contributed by atoms with Crippen molar-refractivity contribution >= 4 is 103 Å². The Kier molecular flexibility index (Phi) is 35.1. The Hall–Kier alpha value is -8.81. The molecule has 3 heterocycles. The lowest BCUT2D eigenvalue weighted by atomic mass is 10.0. The van der Waals surface area contributed by atoms with E-state index in [-0.39, 0.29) is 81.8 Å². The Morgan fingerprint density at radius 2 is 1.52 bits per heavy atom. The van der Waals surface area contributed by atoms with E-state index in [1.807, 2.05) is 0 Å². The number of aliphatic hydroxyl groups excluding tert-OH is 2. The number of aliphatic hydroxyl groups is 2. The van der Waals surface area contributed by atoms with E-state index < -0.39 is 164 Å². The summed E-state index contributed by atoms with van der Waals surface area (Å²) in [6.45, 7) is 6.87. The van der Waals surface area contributed by atoms with Gasteiger partial charge in [-0.3, -0.25) is 67.8 Å². The fourth-order valence-corrected chi connectivity index (χ4v) is 12.6. The SMILES string of the molecule is CCC[C@H](NC(=O)[C@H](CCC(=O)O)NC(=O)CNC(=O)[C@H](CC(C)C)NC(=O)[C@H](Cc1cnc[nH]1)NCO)C(=O)N[C@H]1CCCCN(N)/C=C(\N)C/C=C\NC(=O)[C@H](C)NC(=O)[C@@H](N(C)C)CSSC[C@@H](C(=O)NC(C(N)=O)[C@@H](C)O)NC(=O)[C@H](Cc2c[nH]c3ccccc23)NC1=O. The number of imidazole rings is 1. The predicted molar refractivity (Wildman–Crippen MR) is 366 cm³/mol. The van der Waals surface area contributed by atoms with Crippen LogP contribution in [0.25, 0.3) is 10.9 Å². The topological polar surface area (TPSA) is 527 Å². The average molecular weight is 1410 g/mol. The minimum Gasteiger partial charge on any atom is -0.481 e. The summed E-state index contributed by atoms with van der Waals surface area (Å²) in [5.41, 5.74) is 13.9. The van der Waals surface area contributed by atoms with Crippen molar-refractivity contribution in [1.82, 2.24) is 83.3 Å². The van der Waals surface area contributed by atoms with Crippen molar-refractivity contribution in [1.29, 1.82) is 0 Å². The highest BCUT2D eigenvalue weighted by Gasteiger charge is 2.36. The van der Waals surface area contributed by atoms with Crippen LogP contribution in [0.1, 0.15) is 104 Å². The van der Waals surface area contributed by atoms with E-state index >= 15 is 4.79 Å². The van der Waals surface area contributed by atoms with Gasteiger partial charge in [-0.1, -0.05) is 73.1 Å². The lowest BCUT2D eigenvalue weighted by Gasteiger charge is -2.28. The molecule has 1 aliphatic rings. The summed E-state index contributed by atoms with van der Waals surface area (Å²) >= 11 is 0. The minimum absolute atomic E-state index is 0.0579. The molecular weight excluding hydrogens is 1310 g/mol. The number of fused-ring (bicyclic) bond motifs is 1. The number of nitrogens with two attached hydrogens (primary N) is 3. The highest BCUT2D eigenvalue weighted by Crippen LogP contribution is 2.25. The summed E-state index contributed by atoms with van der Waals surface area (Å²) in [7, 11) is 5.49. The van der Waals surface area contributed by atoms with E-state index in [9.17, 15) is 68.1 Å². The maximum absolute atomic E-state index is 15.0. The van der Waals surface area contributed by atoms with Gasteiger partial charge in [0.25, 0.3) is 0 Å². The number of primary amides is 1. The molecule has 36 heteroatoms. The third kappa shape index (κ3) is 28.3. The summed E-state index contributed by atoms with van der Waals surface area (Å²) in [5.74, 6) is -4.46. The number of hydrogen-bond acceptors (Lipinski definition) is 22. The molecule has 1 unspecified atom stereocenters. The number of benzene rings is 1. The van der Waals surface area contributed by atoms with Crippen LogP contribution in [0.15, 0.2) is 67.2 Å². The predicted octanol–water partition coefficient (Wildman–Crippen LogP) is -3.33. The van der Waals surface area contributed by atoms with Crippen LogP contribution in [-0.4, -0.2) is 223 Å². The summed E-state index contributed by atoms with van der Waals surface area (Å²) in [6.07, 6.45) is 6.99. The molecule has 0 fully saturated rings. The molecule has 0 saturated heterocycles. The number of allylic oxidation sites excluding steroid dienone is 1. The molecule has 0 aliphatic carbocycles. The number of carbonyl (C=O) groups is 12. The third-order valence-electron chi connectivity index (χ3n) is 15.4. The van der Waals surface area contributed by atoms with E-state index in [0.717, 1.165) is 21.6 Å². The number of carbonyl (C=O) groups excluding carboxylic acids is 11. The zero-order valence-corrected chi connectivity index (χ0v) is 57.8. The summed E-state index contributed by atoms with van der Waals surface area (Å²) in [6, 6.07) is -6.02. The van der Waals surface area contributed by atoms with Crippen molar-refractivity contribution < 1.29 is 72.9 Å². The number of aromatic nitrogens is 3. The van der Waals surface area contributed by atoms with Gasteiger partial charge in [-0.2, -0.15) is 0 Å². The lowest BCUT2D eigenvalue weighted by molar-refractivity contribution is -0.138. The molecule has 4 rings (SSSR count). The number of likely N-dealkylation sites (N-methyl/N-ethyl adjacent to an activating group) is 1. The molecule has 2 aromatic heterocycles. The summed E-state index contributed by atoms with van der Waals surface area (Å²) in [5, 5.41) is 60.4. The second-order valence-electron chi connectivity index (χ2n) is 24.2. The van der Waals surface area contributed by atoms with Crippen LogP contribution in [0.2, 0.25) is 0 Å². The minimum atomic E-state index is -1.61. The standard InChI is InChI=1S/C62H97N19O15S2/c1-8-14-42(74-58(92)44(19-20-51(85)86)73-50(84)28-69-55(89)46(23-34(2)3)76-59(93)45(71-33-82)25-39-27-66-32-70-39)56(90)75-43-18-11-12-22-81(65)29-38(63)15-13-21-67-54(88)35(4)72-62(96)49(80(6)7)31-98-97-30-48(61(95)79-52(36(5)83)53(64)87)78-60(94)47(77-57(43)91)24-37-26-68-41-17-10-9-16-40(37)41/h9-10,13,16-17,21,26-27,29,32,34-36,42-49,52,68,71,82-83H,8,11-12,14-15,18-20,22-25,28,30-31,33,63,65H2,1-7H3,(H2,64,87)(H,66,70)(H,67,88)(H,69,89)(H,72,96)(H,73,84)(H,74,92)(H,75,90)(H,76,93)(H,77,91)(H,78,94)(H,79,95)(H,85,86)/b21-13-,38-29-/t35-,36+,42-,43-,44-,45-,46-,47-,48-,49-,52?/m0/s1. The van der Waals surface area contributed by atoms with Crippen molar-refractivity contribution in [3.8, 4) is 0 Å². The number of amides is 11. The number of hydrazine groups is 1. The normalized spacial score (nSPS) is 21.1. The van der Waals surface area contributed by atoms with Crippen LogP contribution in [-0.2, 0) is 70.4 Å². The van der Waals surface area contributed by atoms with Crippen LogP contribution in [0.4, 0.5) is 0 Å². The first-order valence-electron chi connectivity index (χ1n) is 32.1. The van der Waals surface area contributed by atoms with Gasteiger partial charge in [-0.25, -0.2) is 10.8 Å². The lowest BCUT2D eigenvalue weighted by Crippen LogP contribution is -2.61. The van der Waals surface area contributed by atoms with Gasteiger partial charge in [0.2, 0.25) is 65.0 Å². The number of aromatic amines is 2. The third-order valence-corrected chi connectivity index (χ3v) is 17.8. The van der Waals surface area contributed by atoms with Crippen molar-refractivity contribution in [3.05, 3.63) is 78.4 Å². The Labute approximate surface area is 576 Å². The molecule has 0 spiro atoms. The Morgan fingerprint density at radius 3 is 2.17 bits per heavy atom. The number of carboxylic acid groups (broad SMARTS) is 1. The second-order valence-corrected chi connectivity index (χ2v) is 26.8. The molecule has 0 radical (unpaired) electrons. The zero-order valence-electron chi connectivity index (χ0n) is 56.1. The molecule has 98 heavy (non-hydrogen) atoms. The van der Waals surface area contributed by atoms with Gasteiger partial charge in [0.1, 0.15) is 48.3 Å². The van der Waals surface area contributed by atoms with Crippen LogP contribution >= 0.6 is 21.6 Å². The number of H-pyrrole nitrogens is 2. The quantitative estimate of drug-likeness (QED) is 0.0192. The highest BCUT2D eigenvalue weighted by atomic mass is 33.1. The van der Waals surface area contributed by atoms with Crippen LogP contribution < -0.4 is 75.8 Å². The number of hydrogen-bond donors (Lipinski definition) is 19. The highest BCUT2D eigenvalue weighted by molar-refractivity contribution is 8.76. The maximum Gasteiger partial charge on any atom is 0.303 e. The number of rotatable bonds is 28. The van der Waals surface area contributed by atoms with Crippen molar-refractivity contribution in [2.24, 2.45) is 23.2 Å². The van der Waals surface area contributed by atoms with E-state index in [1.165, 1.54) is 43.8 Å². The number of para-hydroxylation sites is 1. The van der Waals surface area contributed by atoms with E-state index in [4.69, 9.17) is 17.3 Å². The summed E-state index contributed by atoms with van der Waals surface area (Å²) < 4.78 is 0. The van der Waals surface area contributed by atoms with Crippen molar-refractivity contribution in [2.75, 3.05) is 45.4 Å². The number of aliphatic carboxylic acids is 1. The Bertz CT molecular complexity index is 3220. The number of carboxylic acids is 1. The molecule has 1 aromatic carbocycles. The largest absolute Gasteiger partial charge is 0.481 e. The molecular formula is C62H97N19O15S2. The number of nitrogens with one attached hydrogen (secondary N) is 13. The van der Waals surface area contributed by atoms with Crippen LogP contribution in [0.3, 0.4) is 0 Å². The van der Waals surface area contributed by atoms with Crippen molar-refractivity contribution in [3.63, 3.8) is 0 Å². The molecule has 1 aliphatic heterocycles. The maximum atomic E-state index is 15.0. The first-order valence-corrected chi connectivity index (χ1v) is 34.6. The summed E-state index contributed by atoms with van der Waals surface area (Å²) in [4.78, 5) is 176. The number of nitrogens with zero attached hydrogens (tertiary/aromatic N) is 3.